The Morgan fingerprint density at radius 2 is 1.49 bits per heavy atom. The first-order valence-corrected chi connectivity index (χ1v) is 12.8. The topological polar surface area (TPSA) is 82.6 Å². The standard InChI is InChI=1S/C31H35NO5/c1-3-36-31(35)23(2)19-26(20-24-9-11-28(12-10-24)27-7-5-4-6-8-27)21-29(33)13-14-30(34)37-22-25-15-17-32-18-16-25/h4-12,15-18,23,26H,3,13-14,19-22H2,1-2H3/t23-,26+/m1/s1. The predicted molar refractivity (Wildman–Crippen MR) is 142 cm³/mol. The molecule has 37 heavy (non-hydrogen) atoms. The summed E-state index contributed by atoms with van der Waals surface area (Å²) in [6, 6.07) is 22.0. The van der Waals surface area contributed by atoms with Gasteiger partial charge in [0, 0.05) is 25.2 Å². The van der Waals surface area contributed by atoms with Gasteiger partial charge in [-0.15, -0.1) is 0 Å². The van der Waals surface area contributed by atoms with E-state index in [1.54, 1.807) is 31.5 Å². The Kier molecular flexibility index (Phi) is 11.0. The summed E-state index contributed by atoms with van der Waals surface area (Å²) in [6.07, 6.45) is 4.93. The van der Waals surface area contributed by atoms with Gasteiger partial charge in [0.25, 0.3) is 0 Å². The highest BCUT2D eigenvalue weighted by molar-refractivity contribution is 5.83. The molecule has 2 aromatic carbocycles. The van der Waals surface area contributed by atoms with Crippen LogP contribution in [-0.2, 0) is 36.9 Å². The fourth-order valence-corrected chi connectivity index (χ4v) is 4.30. The highest BCUT2D eigenvalue weighted by Gasteiger charge is 2.23. The van der Waals surface area contributed by atoms with Crippen molar-refractivity contribution in [2.24, 2.45) is 11.8 Å². The Morgan fingerprint density at radius 3 is 2.16 bits per heavy atom. The zero-order chi connectivity index (χ0) is 26.5. The van der Waals surface area contributed by atoms with Gasteiger partial charge in [-0.1, -0.05) is 61.5 Å². The fraction of sp³-hybridized carbons (Fsp3) is 0.355. The molecule has 0 unspecified atom stereocenters. The summed E-state index contributed by atoms with van der Waals surface area (Å²) >= 11 is 0. The highest BCUT2D eigenvalue weighted by Crippen LogP contribution is 2.25. The molecule has 3 aromatic rings. The minimum absolute atomic E-state index is 0.0113. The molecule has 2 atom stereocenters. The number of benzene rings is 2. The number of carbonyl (C=O) groups excluding carboxylic acids is 3. The van der Waals surface area contributed by atoms with E-state index in [-0.39, 0.29) is 43.0 Å². The van der Waals surface area contributed by atoms with E-state index in [4.69, 9.17) is 9.47 Å². The number of carbonyl (C=O) groups is 3. The molecule has 1 heterocycles. The lowest BCUT2D eigenvalue weighted by Crippen LogP contribution is -2.21. The zero-order valence-electron chi connectivity index (χ0n) is 21.6. The number of nitrogens with zero attached hydrogens (tertiary/aromatic N) is 1. The van der Waals surface area contributed by atoms with Crippen molar-refractivity contribution in [1.82, 2.24) is 4.98 Å². The normalized spacial score (nSPS) is 12.4. The average molecular weight is 502 g/mol. The first kappa shape index (κ1) is 27.8. The summed E-state index contributed by atoms with van der Waals surface area (Å²) in [6.45, 7) is 4.11. The summed E-state index contributed by atoms with van der Waals surface area (Å²) in [5, 5.41) is 0. The molecule has 6 heteroatoms. The number of hydrogen-bond acceptors (Lipinski definition) is 6. The SMILES string of the molecule is CCOC(=O)[C@H](C)C[C@H](CC(=O)CCC(=O)OCc1ccncc1)Cc1ccc(-c2ccccc2)cc1. The number of pyridine rings is 1. The van der Waals surface area contributed by atoms with Crippen molar-refractivity contribution in [2.75, 3.05) is 6.61 Å². The Hall–Kier alpha value is -3.80. The number of rotatable bonds is 14. The molecule has 1 aromatic heterocycles. The second kappa shape index (κ2) is 14.7. The van der Waals surface area contributed by atoms with Gasteiger partial charge in [0.15, 0.2) is 0 Å². The van der Waals surface area contributed by atoms with Crippen LogP contribution in [0.1, 0.15) is 50.7 Å². The molecule has 6 nitrogen and oxygen atoms in total. The van der Waals surface area contributed by atoms with Crippen LogP contribution in [0.3, 0.4) is 0 Å². The van der Waals surface area contributed by atoms with Crippen LogP contribution in [0.4, 0.5) is 0 Å². The molecule has 0 aliphatic heterocycles. The number of Topliss-reactive ketones (excluding diaryl/α,β-unsaturated/α-hetero) is 1. The van der Waals surface area contributed by atoms with Crippen LogP contribution >= 0.6 is 0 Å². The van der Waals surface area contributed by atoms with Crippen molar-refractivity contribution >= 4 is 17.7 Å². The second-order valence-electron chi connectivity index (χ2n) is 9.28. The number of esters is 2. The van der Waals surface area contributed by atoms with Crippen LogP contribution in [0, 0.1) is 11.8 Å². The van der Waals surface area contributed by atoms with Gasteiger partial charge in [0.1, 0.15) is 12.4 Å². The van der Waals surface area contributed by atoms with E-state index in [0.717, 1.165) is 22.3 Å². The molecule has 0 aliphatic rings. The first-order valence-electron chi connectivity index (χ1n) is 12.8. The van der Waals surface area contributed by atoms with Gasteiger partial charge >= 0.3 is 11.9 Å². The van der Waals surface area contributed by atoms with Gasteiger partial charge in [-0.2, -0.15) is 0 Å². The molecular formula is C31H35NO5. The van der Waals surface area contributed by atoms with Gasteiger partial charge in [0.05, 0.1) is 18.9 Å². The van der Waals surface area contributed by atoms with Crippen LogP contribution < -0.4 is 0 Å². The molecule has 0 aliphatic carbocycles. The number of hydrogen-bond donors (Lipinski definition) is 0. The smallest absolute Gasteiger partial charge is 0.308 e. The number of aromatic nitrogens is 1. The van der Waals surface area contributed by atoms with Crippen LogP contribution in [0.5, 0.6) is 0 Å². The zero-order valence-corrected chi connectivity index (χ0v) is 21.6. The van der Waals surface area contributed by atoms with Crippen LogP contribution in [0.2, 0.25) is 0 Å². The summed E-state index contributed by atoms with van der Waals surface area (Å²) in [5.74, 6) is -1.02. The molecule has 0 saturated carbocycles. The molecule has 0 N–H and O–H groups in total. The summed E-state index contributed by atoms with van der Waals surface area (Å²) in [5.41, 5.74) is 4.22. The molecule has 0 radical (unpaired) electrons. The summed E-state index contributed by atoms with van der Waals surface area (Å²) in [7, 11) is 0. The van der Waals surface area contributed by atoms with Crippen LogP contribution in [0.25, 0.3) is 11.1 Å². The second-order valence-corrected chi connectivity index (χ2v) is 9.28. The summed E-state index contributed by atoms with van der Waals surface area (Å²) in [4.78, 5) is 41.1. The van der Waals surface area contributed by atoms with Crippen molar-refractivity contribution in [3.05, 3.63) is 90.3 Å². The van der Waals surface area contributed by atoms with E-state index >= 15 is 0 Å². The molecule has 0 saturated heterocycles. The maximum Gasteiger partial charge on any atom is 0.308 e. The Labute approximate surface area is 219 Å². The van der Waals surface area contributed by atoms with Crippen molar-refractivity contribution in [3.8, 4) is 11.1 Å². The van der Waals surface area contributed by atoms with Gasteiger partial charge in [-0.05, 0) is 60.1 Å². The van der Waals surface area contributed by atoms with Crippen molar-refractivity contribution < 1.29 is 23.9 Å². The Balaban J connectivity index is 1.57. The molecule has 3 rings (SSSR count). The van der Waals surface area contributed by atoms with Crippen molar-refractivity contribution in [1.29, 1.82) is 0 Å². The Bertz CT molecular complexity index is 1130. The van der Waals surface area contributed by atoms with E-state index in [1.807, 2.05) is 25.1 Å². The van der Waals surface area contributed by atoms with E-state index in [1.165, 1.54) is 0 Å². The minimum atomic E-state index is -0.405. The number of ether oxygens (including phenoxy) is 2. The van der Waals surface area contributed by atoms with Gasteiger partial charge < -0.3 is 9.47 Å². The first-order chi connectivity index (χ1) is 17.9. The monoisotopic (exact) mass is 501 g/mol. The fourth-order valence-electron chi connectivity index (χ4n) is 4.30. The highest BCUT2D eigenvalue weighted by atomic mass is 16.5. The van der Waals surface area contributed by atoms with Gasteiger partial charge in [-0.3, -0.25) is 19.4 Å². The van der Waals surface area contributed by atoms with E-state index < -0.39 is 5.97 Å². The minimum Gasteiger partial charge on any atom is -0.466 e. The lowest BCUT2D eigenvalue weighted by molar-refractivity contribution is -0.148. The van der Waals surface area contributed by atoms with Crippen molar-refractivity contribution in [3.63, 3.8) is 0 Å². The molecule has 0 fully saturated rings. The van der Waals surface area contributed by atoms with E-state index in [9.17, 15) is 14.4 Å². The molecule has 194 valence electrons. The molecular weight excluding hydrogens is 466 g/mol. The number of ketones is 1. The van der Waals surface area contributed by atoms with Gasteiger partial charge in [0.2, 0.25) is 0 Å². The lowest BCUT2D eigenvalue weighted by Gasteiger charge is -2.20. The van der Waals surface area contributed by atoms with Crippen molar-refractivity contribution in [2.45, 2.75) is 52.6 Å². The average Bonchev–Trinajstić information content (AvgIpc) is 2.92. The van der Waals surface area contributed by atoms with E-state index in [2.05, 4.69) is 41.4 Å². The molecule has 0 spiro atoms. The lowest BCUT2D eigenvalue weighted by atomic mass is 9.85. The van der Waals surface area contributed by atoms with Crippen LogP contribution in [-0.4, -0.2) is 29.3 Å². The third kappa shape index (κ3) is 9.64. The largest absolute Gasteiger partial charge is 0.466 e. The molecule has 0 amide bonds. The van der Waals surface area contributed by atoms with Crippen LogP contribution in [0.15, 0.2) is 79.1 Å². The Morgan fingerprint density at radius 1 is 0.811 bits per heavy atom. The third-order valence-electron chi connectivity index (χ3n) is 6.23. The third-order valence-corrected chi connectivity index (χ3v) is 6.23. The maximum atomic E-state index is 12.8. The molecule has 0 bridgehead atoms. The summed E-state index contributed by atoms with van der Waals surface area (Å²) < 4.78 is 10.4. The maximum absolute atomic E-state index is 12.8. The van der Waals surface area contributed by atoms with Gasteiger partial charge in [-0.25, -0.2) is 0 Å². The van der Waals surface area contributed by atoms with E-state index in [0.29, 0.717) is 25.9 Å². The quantitative estimate of drug-likeness (QED) is 0.253. The predicted octanol–water partition coefficient (Wildman–Crippen LogP) is 5.98.